The highest BCUT2D eigenvalue weighted by atomic mass is 31.2. The predicted octanol–water partition coefficient (Wildman–Crippen LogP) is 8.15. The van der Waals surface area contributed by atoms with Crippen LogP contribution >= 0.6 is 7.60 Å². The van der Waals surface area contributed by atoms with Gasteiger partial charge in [0.2, 0.25) is 0 Å². The second kappa shape index (κ2) is 10.2. The topological polar surface area (TPSA) is 52.6 Å². The fourth-order valence-corrected chi connectivity index (χ4v) is 6.60. The molecule has 3 rings (SSSR count). The first-order valence-corrected chi connectivity index (χ1v) is 13.4. The van der Waals surface area contributed by atoms with Crippen molar-refractivity contribution in [3.8, 4) is 11.5 Å². The summed E-state index contributed by atoms with van der Waals surface area (Å²) in [6.07, 6.45) is 1.63. The van der Waals surface area contributed by atoms with Crippen molar-refractivity contribution in [2.24, 2.45) is 0 Å². The quantitative estimate of drug-likeness (QED) is 0.307. The van der Waals surface area contributed by atoms with Gasteiger partial charge in [-0.3, -0.25) is 4.79 Å². The first-order chi connectivity index (χ1) is 16.0. The maximum atomic E-state index is 14.4. The molecule has 34 heavy (non-hydrogen) atoms. The first kappa shape index (κ1) is 25.8. The Kier molecular flexibility index (Phi) is 7.73. The normalized spacial score (nSPS) is 12.8. The number of hydrogen-bond acceptors (Lipinski definition) is 4. The zero-order valence-corrected chi connectivity index (χ0v) is 22.4. The molecule has 0 saturated heterocycles. The van der Waals surface area contributed by atoms with E-state index < -0.39 is 13.1 Å². The minimum atomic E-state index is -4.31. The van der Waals surface area contributed by atoms with E-state index in [1.807, 2.05) is 52.8 Å². The van der Waals surface area contributed by atoms with Crippen molar-refractivity contribution in [1.29, 1.82) is 0 Å². The smallest absolute Gasteiger partial charge is 0.410 e. The lowest BCUT2D eigenvalue weighted by molar-refractivity contribution is 0.104. The Morgan fingerprint density at radius 1 is 0.735 bits per heavy atom. The standard InChI is InChI=1S/C29H35O4P/c1-9-25-21(6)26(10-2)23(8)28(22(25)7)33-34(31,29(30)24-14-12-11-13-15-24)32-27-19(4)16-18(3)17-20(27)5/h11-17H,9-10H2,1-8H3. The van der Waals surface area contributed by atoms with Gasteiger partial charge in [-0.1, -0.05) is 61.9 Å². The van der Waals surface area contributed by atoms with Crippen LogP contribution in [0.1, 0.15) is 68.7 Å². The molecular weight excluding hydrogens is 443 g/mol. The molecule has 0 aliphatic carbocycles. The van der Waals surface area contributed by atoms with Gasteiger partial charge >= 0.3 is 7.60 Å². The van der Waals surface area contributed by atoms with E-state index in [4.69, 9.17) is 9.05 Å². The molecule has 3 aromatic carbocycles. The molecule has 0 N–H and O–H groups in total. The van der Waals surface area contributed by atoms with Crippen molar-refractivity contribution in [2.75, 3.05) is 0 Å². The van der Waals surface area contributed by atoms with Crippen LogP contribution in [0.25, 0.3) is 0 Å². The molecule has 0 amide bonds. The van der Waals surface area contributed by atoms with E-state index >= 15 is 0 Å². The van der Waals surface area contributed by atoms with Crippen molar-refractivity contribution in [3.05, 3.63) is 92.5 Å². The Bertz CT molecular complexity index is 1220. The van der Waals surface area contributed by atoms with Crippen molar-refractivity contribution in [1.82, 2.24) is 0 Å². The van der Waals surface area contributed by atoms with E-state index in [0.717, 1.165) is 51.8 Å². The molecule has 1 atom stereocenters. The maximum Gasteiger partial charge on any atom is 0.503 e. The van der Waals surface area contributed by atoms with Crippen LogP contribution < -0.4 is 9.05 Å². The molecule has 3 aromatic rings. The Morgan fingerprint density at radius 3 is 1.68 bits per heavy atom. The minimum Gasteiger partial charge on any atom is -0.410 e. The number of carbonyl (C=O) groups excluding carboxylic acids is 1. The average molecular weight is 479 g/mol. The van der Waals surface area contributed by atoms with Gasteiger partial charge in [0.05, 0.1) is 0 Å². The summed E-state index contributed by atoms with van der Waals surface area (Å²) in [6.45, 7) is 16.0. The highest BCUT2D eigenvalue weighted by Crippen LogP contribution is 2.54. The second-order valence-electron chi connectivity index (χ2n) is 8.95. The van der Waals surface area contributed by atoms with Crippen molar-refractivity contribution in [3.63, 3.8) is 0 Å². The summed E-state index contributed by atoms with van der Waals surface area (Å²) in [5.41, 5.74) is 7.66. The summed E-state index contributed by atoms with van der Waals surface area (Å²) in [5.74, 6) is 0.904. The van der Waals surface area contributed by atoms with Crippen LogP contribution in [0.15, 0.2) is 42.5 Å². The lowest BCUT2D eigenvalue weighted by atomic mass is 9.90. The molecule has 0 aliphatic heterocycles. The van der Waals surface area contributed by atoms with Gasteiger partial charge in [-0.15, -0.1) is 0 Å². The lowest BCUT2D eigenvalue weighted by Crippen LogP contribution is -2.15. The third-order valence-electron chi connectivity index (χ3n) is 6.50. The van der Waals surface area contributed by atoms with Gasteiger partial charge in [0.25, 0.3) is 5.52 Å². The summed E-state index contributed by atoms with van der Waals surface area (Å²) in [4.78, 5) is 13.7. The van der Waals surface area contributed by atoms with Crippen LogP contribution in [0.4, 0.5) is 0 Å². The Hall–Kier alpha value is -2.84. The van der Waals surface area contributed by atoms with Crippen molar-refractivity contribution in [2.45, 2.75) is 68.2 Å². The van der Waals surface area contributed by atoms with E-state index in [2.05, 4.69) is 20.8 Å². The third-order valence-corrected chi connectivity index (χ3v) is 8.10. The van der Waals surface area contributed by atoms with Crippen LogP contribution in [-0.2, 0) is 17.4 Å². The van der Waals surface area contributed by atoms with Crippen LogP contribution in [0.5, 0.6) is 11.5 Å². The molecule has 180 valence electrons. The van der Waals surface area contributed by atoms with E-state index in [0.29, 0.717) is 17.1 Å². The number of carbonyl (C=O) groups is 1. The molecule has 5 heteroatoms. The number of aryl methyl sites for hydroxylation is 3. The average Bonchev–Trinajstić information content (AvgIpc) is 2.80. The Morgan fingerprint density at radius 2 is 1.21 bits per heavy atom. The highest BCUT2D eigenvalue weighted by Gasteiger charge is 2.41. The predicted molar refractivity (Wildman–Crippen MR) is 140 cm³/mol. The monoisotopic (exact) mass is 478 g/mol. The molecule has 0 spiro atoms. The summed E-state index contributed by atoms with van der Waals surface area (Å²) in [6, 6.07) is 12.5. The summed E-state index contributed by atoms with van der Waals surface area (Å²) < 4.78 is 26.8. The van der Waals surface area contributed by atoms with Crippen LogP contribution in [0, 0.1) is 41.5 Å². The molecule has 0 heterocycles. The lowest BCUT2D eigenvalue weighted by Gasteiger charge is -2.26. The number of benzene rings is 3. The van der Waals surface area contributed by atoms with Crippen molar-refractivity contribution >= 4 is 13.1 Å². The third kappa shape index (κ3) is 4.83. The summed E-state index contributed by atoms with van der Waals surface area (Å²) in [7, 11) is -4.31. The highest BCUT2D eigenvalue weighted by molar-refractivity contribution is 7.73. The zero-order valence-electron chi connectivity index (χ0n) is 21.5. The number of hydrogen-bond donors (Lipinski definition) is 0. The molecule has 4 nitrogen and oxygen atoms in total. The number of rotatable bonds is 8. The van der Waals surface area contributed by atoms with Gasteiger partial charge in [0.15, 0.2) is 0 Å². The largest absolute Gasteiger partial charge is 0.503 e. The van der Waals surface area contributed by atoms with Crippen LogP contribution in [0.2, 0.25) is 0 Å². The molecule has 0 saturated carbocycles. The Balaban J connectivity index is 2.22. The van der Waals surface area contributed by atoms with Crippen LogP contribution in [-0.4, -0.2) is 5.52 Å². The summed E-state index contributed by atoms with van der Waals surface area (Å²) in [5, 5.41) is 0. The van der Waals surface area contributed by atoms with E-state index in [1.165, 1.54) is 5.56 Å². The molecule has 0 aromatic heterocycles. The summed E-state index contributed by atoms with van der Waals surface area (Å²) >= 11 is 0. The van der Waals surface area contributed by atoms with Gasteiger partial charge in [-0.25, -0.2) is 4.57 Å². The SMILES string of the molecule is CCc1c(C)c(CC)c(C)c(OP(=O)(Oc2c(C)cc(C)cc2C)C(=O)c2ccccc2)c1C. The van der Waals surface area contributed by atoms with Gasteiger partial charge in [0.1, 0.15) is 11.5 Å². The van der Waals surface area contributed by atoms with Crippen molar-refractivity contribution < 1.29 is 18.4 Å². The Labute approximate surface area is 203 Å². The zero-order chi connectivity index (χ0) is 25.2. The fourth-order valence-electron chi connectivity index (χ4n) is 4.89. The molecule has 0 aliphatic rings. The molecule has 0 fully saturated rings. The van der Waals surface area contributed by atoms with E-state index in [1.54, 1.807) is 24.3 Å². The van der Waals surface area contributed by atoms with Gasteiger partial charge < -0.3 is 9.05 Å². The van der Waals surface area contributed by atoms with Gasteiger partial charge in [0, 0.05) is 5.56 Å². The minimum absolute atomic E-state index is 0.294. The van der Waals surface area contributed by atoms with Crippen LogP contribution in [0.3, 0.4) is 0 Å². The maximum absolute atomic E-state index is 14.4. The van der Waals surface area contributed by atoms with Gasteiger partial charge in [-0.05, 0) is 93.3 Å². The van der Waals surface area contributed by atoms with E-state index in [-0.39, 0.29) is 0 Å². The van der Waals surface area contributed by atoms with E-state index in [9.17, 15) is 9.36 Å². The first-order valence-electron chi connectivity index (χ1n) is 11.8. The molecule has 1 unspecified atom stereocenters. The fraction of sp³-hybridized carbons (Fsp3) is 0.345. The second-order valence-corrected chi connectivity index (χ2v) is 10.7. The molecular formula is C29H35O4P. The van der Waals surface area contributed by atoms with Gasteiger partial charge in [-0.2, -0.15) is 0 Å². The molecule has 0 radical (unpaired) electrons. The molecule has 0 bridgehead atoms.